The Bertz CT molecular complexity index is 132. The molecule has 0 aliphatic carbocycles. The van der Waals surface area contributed by atoms with E-state index in [0.29, 0.717) is 18.8 Å². The van der Waals surface area contributed by atoms with Gasteiger partial charge in [-0.3, -0.25) is 4.79 Å². The van der Waals surface area contributed by atoms with E-state index < -0.39 is 0 Å². The minimum atomic E-state index is -0.175. The van der Waals surface area contributed by atoms with Crippen LogP contribution in [0.3, 0.4) is 0 Å². The highest BCUT2D eigenvalue weighted by Crippen LogP contribution is 2.04. The van der Waals surface area contributed by atoms with Crippen molar-refractivity contribution < 1.29 is 14.6 Å². The molecule has 0 bridgehead atoms. The molecule has 3 nitrogen and oxygen atoms in total. The molecule has 1 atom stereocenters. The molecule has 0 saturated carbocycles. The molecule has 1 unspecified atom stereocenters. The van der Waals surface area contributed by atoms with E-state index in [9.17, 15) is 4.79 Å². The molecule has 0 radical (unpaired) electrons. The van der Waals surface area contributed by atoms with Gasteiger partial charge in [0.25, 0.3) is 0 Å². The standard InChI is InChI=1S/C9H18O3/c1-7(2)6-9(11)12-8(3)4-5-10/h7-8,10H,4-6H2,1-3H3. The van der Waals surface area contributed by atoms with Crippen LogP contribution in [0.25, 0.3) is 0 Å². The Kier molecular flexibility index (Phi) is 5.72. The average molecular weight is 174 g/mol. The van der Waals surface area contributed by atoms with Crippen LogP contribution >= 0.6 is 0 Å². The summed E-state index contributed by atoms with van der Waals surface area (Å²) in [6.07, 6.45) is 0.806. The molecule has 0 rings (SSSR count). The normalized spacial score (nSPS) is 13.1. The van der Waals surface area contributed by atoms with Gasteiger partial charge in [0.05, 0.1) is 0 Å². The van der Waals surface area contributed by atoms with Gasteiger partial charge < -0.3 is 9.84 Å². The molecule has 0 aromatic heterocycles. The number of aliphatic hydroxyl groups excluding tert-OH is 1. The lowest BCUT2D eigenvalue weighted by atomic mass is 10.1. The second-order valence-electron chi connectivity index (χ2n) is 3.41. The lowest BCUT2D eigenvalue weighted by molar-refractivity contribution is -0.149. The van der Waals surface area contributed by atoms with Crippen molar-refractivity contribution in [1.29, 1.82) is 0 Å². The second kappa shape index (κ2) is 6.00. The van der Waals surface area contributed by atoms with Crippen LogP contribution in [0.15, 0.2) is 0 Å². The molecule has 0 aliphatic heterocycles. The number of rotatable bonds is 5. The quantitative estimate of drug-likeness (QED) is 0.640. The lowest BCUT2D eigenvalue weighted by Crippen LogP contribution is -2.17. The van der Waals surface area contributed by atoms with Crippen molar-refractivity contribution in [3.05, 3.63) is 0 Å². The zero-order valence-electron chi connectivity index (χ0n) is 8.04. The summed E-state index contributed by atoms with van der Waals surface area (Å²) in [5, 5.41) is 8.54. The van der Waals surface area contributed by atoms with Crippen LogP contribution in [0.1, 0.15) is 33.6 Å². The van der Waals surface area contributed by atoms with Crippen molar-refractivity contribution in [3.63, 3.8) is 0 Å². The van der Waals surface area contributed by atoms with Crippen molar-refractivity contribution in [2.75, 3.05) is 6.61 Å². The van der Waals surface area contributed by atoms with Gasteiger partial charge >= 0.3 is 5.97 Å². The first-order chi connectivity index (χ1) is 5.56. The SMILES string of the molecule is CC(C)CC(=O)OC(C)CCO. The van der Waals surface area contributed by atoms with Crippen molar-refractivity contribution in [2.24, 2.45) is 5.92 Å². The van der Waals surface area contributed by atoms with Gasteiger partial charge in [-0.15, -0.1) is 0 Å². The summed E-state index contributed by atoms with van der Waals surface area (Å²) in [7, 11) is 0. The van der Waals surface area contributed by atoms with Crippen LogP contribution in [0.2, 0.25) is 0 Å². The van der Waals surface area contributed by atoms with Crippen LogP contribution in [0.5, 0.6) is 0 Å². The Balaban J connectivity index is 3.54. The maximum absolute atomic E-state index is 11.0. The number of hydrogen-bond acceptors (Lipinski definition) is 3. The molecule has 0 heterocycles. The fourth-order valence-corrected chi connectivity index (χ4v) is 0.847. The topological polar surface area (TPSA) is 46.5 Å². The summed E-state index contributed by atoms with van der Waals surface area (Å²) >= 11 is 0. The predicted octanol–water partition coefficient (Wildman–Crippen LogP) is 1.35. The van der Waals surface area contributed by atoms with Gasteiger partial charge in [0.1, 0.15) is 6.10 Å². The molecule has 0 saturated heterocycles. The molecule has 0 amide bonds. The van der Waals surface area contributed by atoms with Gasteiger partial charge in [-0.2, -0.15) is 0 Å². The highest BCUT2D eigenvalue weighted by molar-refractivity contribution is 5.69. The lowest BCUT2D eigenvalue weighted by Gasteiger charge is -2.12. The first kappa shape index (κ1) is 11.4. The van der Waals surface area contributed by atoms with E-state index in [-0.39, 0.29) is 18.7 Å². The first-order valence-corrected chi connectivity index (χ1v) is 4.36. The fraction of sp³-hybridized carbons (Fsp3) is 0.889. The number of esters is 1. The van der Waals surface area contributed by atoms with Crippen molar-refractivity contribution in [1.82, 2.24) is 0 Å². The van der Waals surface area contributed by atoms with E-state index >= 15 is 0 Å². The van der Waals surface area contributed by atoms with Gasteiger partial charge in [0.15, 0.2) is 0 Å². The summed E-state index contributed by atoms with van der Waals surface area (Å²) in [5.74, 6) is 0.157. The smallest absolute Gasteiger partial charge is 0.306 e. The van der Waals surface area contributed by atoms with E-state index in [1.165, 1.54) is 0 Å². The summed E-state index contributed by atoms with van der Waals surface area (Å²) in [5.41, 5.74) is 0. The molecule has 0 spiro atoms. The third-order valence-corrected chi connectivity index (χ3v) is 1.44. The van der Waals surface area contributed by atoms with E-state index in [2.05, 4.69) is 0 Å². The largest absolute Gasteiger partial charge is 0.463 e. The molecular weight excluding hydrogens is 156 g/mol. The Morgan fingerprint density at radius 1 is 1.42 bits per heavy atom. The van der Waals surface area contributed by atoms with Gasteiger partial charge in [-0.25, -0.2) is 0 Å². The van der Waals surface area contributed by atoms with Gasteiger partial charge in [0.2, 0.25) is 0 Å². The average Bonchev–Trinajstić information content (AvgIpc) is 1.84. The molecule has 0 aromatic carbocycles. The minimum Gasteiger partial charge on any atom is -0.463 e. The highest BCUT2D eigenvalue weighted by atomic mass is 16.5. The maximum atomic E-state index is 11.0. The van der Waals surface area contributed by atoms with Crippen LogP contribution in [0, 0.1) is 5.92 Å². The fourth-order valence-electron chi connectivity index (χ4n) is 0.847. The molecule has 0 fully saturated rings. The van der Waals surface area contributed by atoms with Crippen molar-refractivity contribution in [3.8, 4) is 0 Å². The van der Waals surface area contributed by atoms with E-state index in [0.717, 1.165) is 0 Å². The first-order valence-electron chi connectivity index (χ1n) is 4.36. The Morgan fingerprint density at radius 3 is 2.42 bits per heavy atom. The van der Waals surface area contributed by atoms with E-state index in [1.54, 1.807) is 6.92 Å². The third-order valence-electron chi connectivity index (χ3n) is 1.44. The van der Waals surface area contributed by atoms with Gasteiger partial charge in [-0.05, 0) is 12.8 Å². The molecule has 12 heavy (non-hydrogen) atoms. The number of hydrogen-bond donors (Lipinski definition) is 1. The van der Waals surface area contributed by atoms with Crippen LogP contribution in [0.4, 0.5) is 0 Å². The summed E-state index contributed by atoms with van der Waals surface area (Å²) in [6.45, 7) is 5.79. The summed E-state index contributed by atoms with van der Waals surface area (Å²) in [4.78, 5) is 11.0. The monoisotopic (exact) mass is 174 g/mol. The Hall–Kier alpha value is -0.570. The van der Waals surface area contributed by atoms with Gasteiger partial charge in [0, 0.05) is 19.4 Å². The Labute approximate surface area is 73.7 Å². The second-order valence-corrected chi connectivity index (χ2v) is 3.41. The van der Waals surface area contributed by atoms with Crippen molar-refractivity contribution in [2.45, 2.75) is 39.7 Å². The summed E-state index contributed by atoms with van der Waals surface area (Å²) < 4.78 is 5.00. The molecule has 3 heteroatoms. The van der Waals surface area contributed by atoms with E-state index in [4.69, 9.17) is 9.84 Å². The number of aliphatic hydroxyl groups is 1. The predicted molar refractivity (Wildman–Crippen MR) is 46.7 cm³/mol. The maximum Gasteiger partial charge on any atom is 0.306 e. The van der Waals surface area contributed by atoms with Crippen molar-refractivity contribution >= 4 is 5.97 Å². The molecule has 0 aliphatic rings. The van der Waals surface area contributed by atoms with E-state index in [1.807, 2.05) is 13.8 Å². The van der Waals surface area contributed by atoms with Crippen LogP contribution in [-0.4, -0.2) is 23.8 Å². The molecular formula is C9H18O3. The van der Waals surface area contributed by atoms with Gasteiger partial charge in [-0.1, -0.05) is 13.8 Å². The third kappa shape index (κ3) is 6.16. The highest BCUT2D eigenvalue weighted by Gasteiger charge is 2.10. The minimum absolute atomic E-state index is 0.0656. The zero-order chi connectivity index (χ0) is 9.56. The number of carbonyl (C=O) groups excluding carboxylic acids is 1. The number of carbonyl (C=O) groups is 1. The zero-order valence-corrected chi connectivity index (χ0v) is 8.04. The Morgan fingerprint density at radius 2 is 2.00 bits per heavy atom. The molecule has 72 valence electrons. The van der Waals surface area contributed by atoms with Crippen LogP contribution in [-0.2, 0) is 9.53 Å². The van der Waals surface area contributed by atoms with Crippen LogP contribution < -0.4 is 0 Å². The summed E-state index contributed by atoms with van der Waals surface area (Å²) in [6, 6.07) is 0. The molecule has 1 N–H and O–H groups in total. The molecule has 0 aromatic rings. The number of ether oxygens (including phenoxy) is 1.